The zero-order valence-corrected chi connectivity index (χ0v) is 25.7. The molecule has 0 bridgehead atoms. The number of nitrogens with zero attached hydrogens (tertiary/aromatic N) is 4. The van der Waals surface area contributed by atoms with E-state index >= 15 is 0 Å². The highest BCUT2D eigenvalue weighted by Crippen LogP contribution is 2.39. The first-order valence-corrected chi connectivity index (χ1v) is 15.8. The molecular weight excluding hydrogens is 602 g/mol. The highest BCUT2D eigenvalue weighted by molar-refractivity contribution is 7.91. The number of amides is 1. The fraction of sp³-hybridized carbons (Fsp3) is 0.250. The molecule has 1 aromatic heterocycles. The number of esters is 1. The highest BCUT2D eigenvalue weighted by Gasteiger charge is 2.37. The second kappa shape index (κ2) is 12.9. The maximum atomic E-state index is 13.6. The summed E-state index contributed by atoms with van der Waals surface area (Å²) in [4.78, 5) is 32.5. The number of carbonyl (C=O) groups excluding carboxylic acids is 2. The Labute approximate surface area is 260 Å². The molecule has 10 nitrogen and oxygen atoms in total. The number of fused-ring (bicyclic) bond motifs is 1. The van der Waals surface area contributed by atoms with Gasteiger partial charge < -0.3 is 19.5 Å². The second-order valence-corrected chi connectivity index (χ2v) is 13.0. The predicted octanol–water partition coefficient (Wildman–Crippen LogP) is 4.33. The molecule has 1 aliphatic rings. The van der Waals surface area contributed by atoms with E-state index in [0.717, 1.165) is 16.9 Å². The number of anilines is 1. The number of halogens is 1. The molecule has 0 unspecified atom stereocenters. The molecule has 0 spiro atoms. The van der Waals surface area contributed by atoms with Crippen molar-refractivity contribution in [3.05, 3.63) is 112 Å². The van der Waals surface area contributed by atoms with E-state index in [4.69, 9.17) is 21.6 Å². The van der Waals surface area contributed by atoms with E-state index in [2.05, 4.69) is 16.4 Å². The minimum Gasteiger partial charge on any atom is -0.467 e. The number of sulfone groups is 1. The number of nitrogens with one attached hydrogen (secondary N) is 1. The molecule has 1 N–H and O–H groups in total. The Balaban J connectivity index is 1.44. The number of rotatable bonds is 9. The number of nitriles is 1. The smallest absolute Gasteiger partial charge is 0.328 e. The summed E-state index contributed by atoms with van der Waals surface area (Å²) in [6.45, 7) is 0.494. The van der Waals surface area contributed by atoms with Gasteiger partial charge >= 0.3 is 5.97 Å². The van der Waals surface area contributed by atoms with E-state index in [1.165, 1.54) is 13.2 Å². The number of hydrogen-bond donors (Lipinski definition) is 1. The summed E-state index contributed by atoms with van der Waals surface area (Å²) in [5.74, 6) is -0.750. The van der Waals surface area contributed by atoms with Crippen LogP contribution < -0.4 is 10.2 Å². The van der Waals surface area contributed by atoms with Gasteiger partial charge in [0.15, 0.2) is 9.84 Å². The van der Waals surface area contributed by atoms with Crippen molar-refractivity contribution in [2.75, 3.05) is 24.8 Å². The molecule has 44 heavy (non-hydrogen) atoms. The quantitative estimate of drug-likeness (QED) is 0.270. The van der Waals surface area contributed by atoms with Gasteiger partial charge in [-0.1, -0.05) is 48.0 Å². The Bertz CT molecular complexity index is 1830. The molecule has 0 radical (unpaired) electrons. The van der Waals surface area contributed by atoms with E-state index in [1.807, 2.05) is 28.6 Å². The standard InChI is InChI=1S/C32H30ClN5O5S/c1-37(29-18-35-20-38(29)19-23-8-6-22(17-34)7-9-23)28-14-15-44(41,42)30-25(28)4-3-5-26(30)31(39)36-27(32(40)43-2)16-21-10-12-24(33)13-11-21/h3-13,18,20,27-28H,14-16,19H2,1-2H3,(H,36,39)/t27-,28-/m0/s1. The molecule has 2 atom stereocenters. The summed E-state index contributed by atoms with van der Waals surface area (Å²) in [5.41, 5.74) is 2.74. The van der Waals surface area contributed by atoms with E-state index in [1.54, 1.807) is 61.1 Å². The summed E-state index contributed by atoms with van der Waals surface area (Å²) in [6.07, 6.45) is 3.84. The third-order valence-corrected chi connectivity index (χ3v) is 9.82. The third kappa shape index (κ3) is 6.46. The van der Waals surface area contributed by atoms with Gasteiger partial charge in [0.05, 0.1) is 60.1 Å². The van der Waals surface area contributed by atoms with Crippen molar-refractivity contribution in [2.24, 2.45) is 0 Å². The lowest BCUT2D eigenvalue weighted by Gasteiger charge is -2.35. The average molecular weight is 632 g/mol. The van der Waals surface area contributed by atoms with Crippen molar-refractivity contribution in [3.8, 4) is 6.07 Å². The molecular formula is C32H30ClN5O5S. The second-order valence-electron chi connectivity index (χ2n) is 10.5. The number of hydrogen-bond acceptors (Lipinski definition) is 8. The first kappa shape index (κ1) is 30.8. The largest absolute Gasteiger partial charge is 0.467 e. The fourth-order valence-electron chi connectivity index (χ4n) is 5.47. The molecule has 1 amide bonds. The van der Waals surface area contributed by atoms with Gasteiger partial charge in [-0.05, 0) is 53.4 Å². The van der Waals surface area contributed by atoms with Crippen molar-refractivity contribution >= 4 is 39.1 Å². The SMILES string of the molecule is COC(=O)[C@H](Cc1ccc(Cl)cc1)NC(=O)c1cccc2c1S(=O)(=O)CC[C@@H]2N(C)c1cncn1Cc1ccc(C#N)cc1. The molecule has 3 aromatic carbocycles. The zero-order chi connectivity index (χ0) is 31.4. The number of benzene rings is 3. The lowest BCUT2D eigenvalue weighted by atomic mass is 9.99. The molecule has 0 aliphatic carbocycles. The highest BCUT2D eigenvalue weighted by atomic mass is 35.5. The van der Waals surface area contributed by atoms with Crippen LogP contribution in [0.15, 0.2) is 84.1 Å². The average Bonchev–Trinajstić information content (AvgIpc) is 3.49. The Morgan fingerprint density at radius 1 is 1.14 bits per heavy atom. The van der Waals surface area contributed by atoms with Crippen molar-refractivity contribution in [2.45, 2.75) is 36.4 Å². The number of imidazole rings is 1. The van der Waals surface area contributed by atoms with Crippen LogP contribution in [0.3, 0.4) is 0 Å². The van der Waals surface area contributed by atoms with Crippen molar-refractivity contribution < 1.29 is 22.7 Å². The van der Waals surface area contributed by atoms with Crippen LogP contribution in [-0.2, 0) is 32.3 Å². The lowest BCUT2D eigenvalue weighted by Crippen LogP contribution is -2.44. The van der Waals surface area contributed by atoms with Gasteiger partial charge in [0.1, 0.15) is 11.9 Å². The Kier molecular flexibility index (Phi) is 9.04. The van der Waals surface area contributed by atoms with Crippen LogP contribution in [0.25, 0.3) is 0 Å². The Hall–Kier alpha value is -4.66. The summed E-state index contributed by atoms with van der Waals surface area (Å²) in [5, 5.41) is 12.3. The van der Waals surface area contributed by atoms with Crippen LogP contribution in [0, 0.1) is 11.3 Å². The van der Waals surface area contributed by atoms with Gasteiger partial charge in [-0.25, -0.2) is 18.2 Å². The number of aromatic nitrogens is 2. The van der Waals surface area contributed by atoms with Gasteiger partial charge in [0.25, 0.3) is 5.91 Å². The molecule has 2 heterocycles. The van der Waals surface area contributed by atoms with E-state index in [0.29, 0.717) is 29.1 Å². The third-order valence-electron chi connectivity index (χ3n) is 7.72. The molecule has 4 aromatic rings. The van der Waals surface area contributed by atoms with Gasteiger partial charge in [0, 0.05) is 18.5 Å². The van der Waals surface area contributed by atoms with Crippen molar-refractivity contribution in [3.63, 3.8) is 0 Å². The monoisotopic (exact) mass is 631 g/mol. The summed E-state index contributed by atoms with van der Waals surface area (Å²) in [7, 11) is -0.718. The Morgan fingerprint density at radius 2 is 1.84 bits per heavy atom. The number of carbonyl (C=O) groups is 2. The van der Waals surface area contributed by atoms with Crippen LogP contribution >= 0.6 is 11.6 Å². The van der Waals surface area contributed by atoms with Gasteiger partial charge in [-0.15, -0.1) is 0 Å². The maximum Gasteiger partial charge on any atom is 0.328 e. The zero-order valence-electron chi connectivity index (χ0n) is 24.1. The summed E-state index contributed by atoms with van der Waals surface area (Å²) < 4.78 is 33.8. The Morgan fingerprint density at radius 3 is 2.52 bits per heavy atom. The molecule has 0 fully saturated rings. The van der Waals surface area contributed by atoms with Crippen LogP contribution in [-0.4, -0.2) is 55.8 Å². The minimum absolute atomic E-state index is 0.0308. The van der Waals surface area contributed by atoms with Gasteiger partial charge in [0.2, 0.25) is 0 Å². The molecule has 1 aliphatic heterocycles. The fourth-order valence-corrected chi connectivity index (χ4v) is 7.39. The molecule has 226 valence electrons. The molecule has 5 rings (SSSR count). The van der Waals surface area contributed by atoms with E-state index in [-0.39, 0.29) is 28.7 Å². The van der Waals surface area contributed by atoms with Crippen molar-refractivity contribution in [1.82, 2.24) is 14.9 Å². The number of methoxy groups -OCH3 is 1. The summed E-state index contributed by atoms with van der Waals surface area (Å²) in [6, 6.07) is 19.6. The molecule has 0 saturated carbocycles. The van der Waals surface area contributed by atoms with Gasteiger partial charge in [-0.2, -0.15) is 5.26 Å². The first-order chi connectivity index (χ1) is 21.1. The predicted molar refractivity (Wildman–Crippen MR) is 165 cm³/mol. The number of ether oxygens (including phenoxy) is 1. The topological polar surface area (TPSA) is 134 Å². The van der Waals surface area contributed by atoms with Crippen molar-refractivity contribution in [1.29, 1.82) is 5.26 Å². The summed E-state index contributed by atoms with van der Waals surface area (Å²) >= 11 is 5.98. The van der Waals surface area contributed by atoms with E-state index < -0.39 is 27.8 Å². The van der Waals surface area contributed by atoms with Crippen LogP contribution in [0.4, 0.5) is 5.82 Å². The van der Waals surface area contributed by atoms with Gasteiger partial charge in [-0.3, -0.25) is 4.79 Å². The maximum absolute atomic E-state index is 13.6. The minimum atomic E-state index is -3.81. The van der Waals surface area contributed by atoms with Crippen LogP contribution in [0.5, 0.6) is 0 Å². The molecule has 0 saturated heterocycles. The van der Waals surface area contributed by atoms with Crippen LogP contribution in [0.2, 0.25) is 5.02 Å². The first-order valence-electron chi connectivity index (χ1n) is 13.8. The normalized spacial score (nSPS) is 15.8. The van der Waals surface area contributed by atoms with E-state index in [9.17, 15) is 18.0 Å². The lowest BCUT2D eigenvalue weighted by molar-refractivity contribution is -0.142. The molecule has 12 heteroatoms. The van der Waals surface area contributed by atoms with Crippen LogP contribution in [0.1, 0.15) is 45.1 Å².